The Balaban J connectivity index is 1.51. The normalized spacial score (nSPS) is 17.1. The predicted octanol–water partition coefficient (Wildman–Crippen LogP) is 1.93. The maximum atomic E-state index is 13.2. The lowest BCUT2D eigenvalue weighted by molar-refractivity contribution is -0.0279. The molecule has 0 aliphatic heterocycles. The highest BCUT2D eigenvalue weighted by atomic mass is 19.1. The number of hydrogen-bond donors (Lipinski definition) is 4. The van der Waals surface area contributed by atoms with Crippen molar-refractivity contribution in [2.45, 2.75) is 31.3 Å². The fourth-order valence-corrected chi connectivity index (χ4v) is 2.91. The number of nitrogens with one attached hydrogen (secondary N) is 3. The summed E-state index contributed by atoms with van der Waals surface area (Å²) in [5.74, 6) is 0.457. The first-order valence-electron chi connectivity index (χ1n) is 8.02. The van der Waals surface area contributed by atoms with Gasteiger partial charge < -0.3 is 20.7 Å². The molecule has 0 radical (unpaired) electrons. The van der Waals surface area contributed by atoms with Gasteiger partial charge in [0.15, 0.2) is 5.96 Å². The SMILES string of the molecule is CN=C(NCCc1c[nH]c2cc(F)ccc12)NCC1(O)CCC1. The first-order valence-corrected chi connectivity index (χ1v) is 8.02. The van der Waals surface area contributed by atoms with Crippen molar-refractivity contribution in [2.75, 3.05) is 20.1 Å². The molecule has 0 spiro atoms. The van der Waals surface area contributed by atoms with E-state index < -0.39 is 5.60 Å². The molecule has 0 saturated heterocycles. The van der Waals surface area contributed by atoms with Gasteiger partial charge in [0.1, 0.15) is 5.82 Å². The van der Waals surface area contributed by atoms with Crippen molar-refractivity contribution in [3.05, 3.63) is 35.8 Å². The van der Waals surface area contributed by atoms with Gasteiger partial charge in [-0.05, 0) is 49.4 Å². The van der Waals surface area contributed by atoms with E-state index in [1.165, 1.54) is 12.1 Å². The zero-order chi connectivity index (χ0) is 16.3. The number of H-pyrrole nitrogens is 1. The maximum absolute atomic E-state index is 13.2. The van der Waals surface area contributed by atoms with E-state index in [0.717, 1.165) is 42.1 Å². The topological polar surface area (TPSA) is 72.4 Å². The van der Waals surface area contributed by atoms with Crippen LogP contribution in [-0.2, 0) is 6.42 Å². The van der Waals surface area contributed by atoms with E-state index in [-0.39, 0.29) is 5.82 Å². The summed E-state index contributed by atoms with van der Waals surface area (Å²) in [5.41, 5.74) is 1.38. The molecule has 1 aliphatic carbocycles. The minimum Gasteiger partial charge on any atom is -0.388 e. The molecule has 1 aromatic carbocycles. The minimum absolute atomic E-state index is 0.234. The second-order valence-electron chi connectivity index (χ2n) is 6.18. The van der Waals surface area contributed by atoms with Crippen LogP contribution in [0.25, 0.3) is 10.9 Å². The number of aliphatic imine (C=N–C) groups is 1. The summed E-state index contributed by atoms with van der Waals surface area (Å²) in [6.07, 6.45) is 5.51. The van der Waals surface area contributed by atoms with Crippen molar-refractivity contribution in [3.8, 4) is 0 Å². The highest BCUT2D eigenvalue weighted by Crippen LogP contribution is 2.30. The van der Waals surface area contributed by atoms with Crippen LogP contribution in [0.3, 0.4) is 0 Å². The van der Waals surface area contributed by atoms with Crippen LogP contribution in [0.15, 0.2) is 29.4 Å². The number of halogens is 1. The van der Waals surface area contributed by atoms with Gasteiger partial charge in [-0.3, -0.25) is 4.99 Å². The lowest BCUT2D eigenvalue weighted by atomic mass is 9.80. The Bertz CT molecular complexity index is 706. The van der Waals surface area contributed by atoms with Gasteiger partial charge in [0.25, 0.3) is 0 Å². The Hall–Kier alpha value is -2.08. The molecule has 124 valence electrons. The van der Waals surface area contributed by atoms with Crippen LogP contribution in [0.1, 0.15) is 24.8 Å². The molecule has 23 heavy (non-hydrogen) atoms. The largest absolute Gasteiger partial charge is 0.388 e. The van der Waals surface area contributed by atoms with Crippen molar-refractivity contribution < 1.29 is 9.50 Å². The molecule has 0 atom stereocenters. The molecule has 2 aromatic rings. The predicted molar refractivity (Wildman–Crippen MR) is 90.1 cm³/mol. The Morgan fingerprint density at radius 1 is 1.39 bits per heavy atom. The van der Waals surface area contributed by atoms with Crippen molar-refractivity contribution in [2.24, 2.45) is 4.99 Å². The van der Waals surface area contributed by atoms with Crippen molar-refractivity contribution in [1.29, 1.82) is 0 Å². The smallest absolute Gasteiger partial charge is 0.191 e. The number of rotatable bonds is 5. The van der Waals surface area contributed by atoms with Crippen molar-refractivity contribution >= 4 is 16.9 Å². The molecular formula is C17H23FN4O. The molecule has 4 N–H and O–H groups in total. The summed E-state index contributed by atoms with van der Waals surface area (Å²) in [5, 5.41) is 17.5. The number of guanidine groups is 1. The summed E-state index contributed by atoms with van der Waals surface area (Å²) in [6, 6.07) is 4.79. The average molecular weight is 318 g/mol. The van der Waals surface area contributed by atoms with E-state index in [4.69, 9.17) is 0 Å². The van der Waals surface area contributed by atoms with Gasteiger partial charge in [0, 0.05) is 37.2 Å². The Kier molecular flexibility index (Phi) is 4.52. The van der Waals surface area contributed by atoms with Gasteiger partial charge >= 0.3 is 0 Å². The van der Waals surface area contributed by atoms with Gasteiger partial charge in [0.05, 0.1) is 5.60 Å². The van der Waals surface area contributed by atoms with E-state index in [0.29, 0.717) is 19.0 Å². The molecule has 1 saturated carbocycles. The second kappa shape index (κ2) is 6.58. The zero-order valence-corrected chi connectivity index (χ0v) is 13.3. The number of hydrogen-bond acceptors (Lipinski definition) is 2. The molecule has 1 aliphatic rings. The van der Waals surface area contributed by atoms with Gasteiger partial charge in [-0.25, -0.2) is 4.39 Å². The number of aromatic nitrogens is 1. The van der Waals surface area contributed by atoms with Gasteiger partial charge in [-0.15, -0.1) is 0 Å². The number of benzene rings is 1. The summed E-state index contributed by atoms with van der Waals surface area (Å²) in [6.45, 7) is 1.24. The third-order valence-corrected chi connectivity index (χ3v) is 4.51. The second-order valence-corrected chi connectivity index (χ2v) is 6.18. The first-order chi connectivity index (χ1) is 11.1. The number of nitrogens with zero attached hydrogens (tertiary/aromatic N) is 1. The fraction of sp³-hybridized carbons (Fsp3) is 0.471. The fourth-order valence-electron chi connectivity index (χ4n) is 2.91. The molecule has 3 rings (SSSR count). The highest BCUT2D eigenvalue weighted by Gasteiger charge is 2.34. The Labute approximate surface area is 135 Å². The minimum atomic E-state index is -0.571. The molecule has 0 unspecified atom stereocenters. The lowest BCUT2D eigenvalue weighted by Gasteiger charge is -2.36. The highest BCUT2D eigenvalue weighted by molar-refractivity contribution is 5.83. The third-order valence-electron chi connectivity index (χ3n) is 4.51. The van der Waals surface area contributed by atoms with E-state index in [9.17, 15) is 9.50 Å². The average Bonchev–Trinajstić information content (AvgIpc) is 2.91. The van der Waals surface area contributed by atoms with Gasteiger partial charge in [-0.2, -0.15) is 0 Å². The molecule has 1 fully saturated rings. The number of aromatic amines is 1. The van der Waals surface area contributed by atoms with Crippen LogP contribution in [-0.4, -0.2) is 41.8 Å². The standard InChI is InChI=1S/C17H23FN4O/c1-19-16(22-11-17(23)6-2-7-17)20-8-5-12-10-21-15-9-13(18)3-4-14(12)15/h3-4,9-10,21,23H,2,5-8,11H2,1H3,(H2,19,20,22). The van der Waals surface area contributed by atoms with E-state index in [1.54, 1.807) is 13.1 Å². The Morgan fingerprint density at radius 3 is 2.91 bits per heavy atom. The summed E-state index contributed by atoms with van der Waals surface area (Å²) < 4.78 is 13.2. The molecule has 0 amide bonds. The van der Waals surface area contributed by atoms with Crippen LogP contribution < -0.4 is 10.6 Å². The van der Waals surface area contributed by atoms with Crippen LogP contribution in [0.4, 0.5) is 4.39 Å². The summed E-state index contributed by atoms with van der Waals surface area (Å²) in [4.78, 5) is 7.26. The lowest BCUT2D eigenvalue weighted by Crippen LogP contribution is -2.50. The van der Waals surface area contributed by atoms with Crippen LogP contribution >= 0.6 is 0 Å². The Morgan fingerprint density at radius 2 is 2.22 bits per heavy atom. The molecule has 1 heterocycles. The van der Waals surface area contributed by atoms with E-state index in [1.807, 2.05) is 6.20 Å². The summed E-state index contributed by atoms with van der Waals surface area (Å²) in [7, 11) is 1.72. The van der Waals surface area contributed by atoms with Crippen molar-refractivity contribution in [1.82, 2.24) is 15.6 Å². The number of fused-ring (bicyclic) bond motifs is 1. The van der Waals surface area contributed by atoms with Crippen molar-refractivity contribution in [3.63, 3.8) is 0 Å². The third kappa shape index (κ3) is 3.64. The molecule has 0 bridgehead atoms. The number of aliphatic hydroxyl groups is 1. The molecule has 6 heteroatoms. The van der Waals surface area contributed by atoms with E-state index >= 15 is 0 Å². The molecule has 1 aromatic heterocycles. The zero-order valence-electron chi connectivity index (χ0n) is 13.3. The quantitative estimate of drug-likeness (QED) is 0.503. The van der Waals surface area contributed by atoms with Gasteiger partial charge in [-0.1, -0.05) is 0 Å². The maximum Gasteiger partial charge on any atom is 0.191 e. The van der Waals surface area contributed by atoms with Crippen LogP contribution in [0.2, 0.25) is 0 Å². The van der Waals surface area contributed by atoms with Gasteiger partial charge in [0.2, 0.25) is 0 Å². The summed E-state index contributed by atoms with van der Waals surface area (Å²) >= 11 is 0. The monoisotopic (exact) mass is 318 g/mol. The van der Waals surface area contributed by atoms with Crippen LogP contribution in [0.5, 0.6) is 0 Å². The first kappa shape index (κ1) is 15.8. The molecular weight excluding hydrogens is 295 g/mol. The molecule has 5 nitrogen and oxygen atoms in total. The van der Waals surface area contributed by atoms with E-state index in [2.05, 4.69) is 20.6 Å². The van der Waals surface area contributed by atoms with Crippen LogP contribution in [0, 0.1) is 5.82 Å².